The van der Waals surface area contributed by atoms with Crippen molar-refractivity contribution in [3.05, 3.63) is 36.2 Å². The smallest absolute Gasteiger partial charge is 0.240 e. The minimum Gasteiger partial charge on any atom is -0.396 e. The summed E-state index contributed by atoms with van der Waals surface area (Å²) >= 11 is 0. The Kier molecular flexibility index (Phi) is 5.46. The van der Waals surface area contributed by atoms with Crippen molar-refractivity contribution >= 4 is 15.7 Å². The van der Waals surface area contributed by atoms with Crippen LogP contribution < -0.4 is 10.5 Å². The second-order valence-electron chi connectivity index (χ2n) is 4.09. The van der Waals surface area contributed by atoms with Crippen LogP contribution in [0.5, 0.6) is 0 Å². The standard InChI is InChI=1S/C12H17FN2O3S/c1-9(2)8-18-6-5-15-19(16,17)10-3-4-11(13)12(14)7-10/h3-4,7,15H,1,5-6,8,14H2,2H3. The van der Waals surface area contributed by atoms with Crippen LogP contribution in [-0.4, -0.2) is 28.2 Å². The Labute approximate surface area is 112 Å². The summed E-state index contributed by atoms with van der Waals surface area (Å²) < 4.78 is 44.1. The van der Waals surface area contributed by atoms with Crippen LogP contribution in [0.15, 0.2) is 35.2 Å². The molecule has 0 amide bonds. The second kappa shape index (κ2) is 6.65. The van der Waals surface area contributed by atoms with Gasteiger partial charge in [0.2, 0.25) is 10.0 Å². The molecule has 0 aromatic heterocycles. The van der Waals surface area contributed by atoms with Crippen LogP contribution in [0.3, 0.4) is 0 Å². The monoisotopic (exact) mass is 288 g/mol. The summed E-state index contributed by atoms with van der Waals surface area (Å²) in [6.07, 6.45) is 0. The van der Waals surface area contributed by atoms with Gasteiger partial charge in [-0.3, -0.25) is 0 Å². The third-order valence-corrected chi connectivity index (χ3v) is 3.62. The summed E-state index contributed by atoms with van der Waals surface area (Å²) in [6, 6.07) is 3.25. The van der Waals surface area contributed by atoms with E-state index in [4.69, 9.17) is 10.5 Å². The molecule has 0 saturated heterocycles. The molecule has 0 bridgehead atoms. The minimum atomic E-state index is -3.70. The molecule has 0 heterocycles. The third-order valence-electron chi connectivity index (χ3n) is 2.16. The molecule has 0 aliphatic rings. The van der Waals surface area contributed by atoms with Gasteiger partial charge >= 0.3 is 0 Å². The molecule has 1 aromatic rings. The number of hydrogen-bond donors (Lipinski definition) is 2. The summed E-state index contributed by atoms with van der Waals surface area (Å²) in [6.45, 7) is 6.19. The van der Waals surface area contributed by atoms with Gasteiger partial charge in [-0.2, -0.15) is 0 Å². The van der Waals surface area contributed by atoms with Crippen molar-refractivity contribution in [1.82, 2.24) is 4.72 Å². The number of rotatable bonds is 7. The number of hydrogen-bond acceptors (Lipinski definition) is 4. The number of nitrogen functional groups attached to an aromatic ring is 1. The maximum absolute atomic E-state index is 12.9. The lowest BCUT2D eigenvalue weighted by atomic mass is 10.3. The van der Waals surface area contributed by atoms with Gasteiger partial charge in [-0.1, -0.05) is 12.2 Å². The summed E-state index contributed by atoms with van der Waals surface area (Å²) in [5, 5.41) is 0. The van der Waals surface area contributed by atoms with Gasteiger partial charge in [0, 0.05) is 6.54 Å². The van der Waals surface area contributed by atoms with Crippen LogP contribution in [0, 0.1) is 5.82 Å². The number of halogens is 1. The predicted molar refractivity (Wildman–Crippen MR) is 71.6 cm³/mol. The first-order chi connectivity index (χ1) is 8.83. The van der Waals surface area contributed by atoms with Crippen molar-refractivity contribution < 1.29 is 17.5 Å². The van der Waals surface area contributed by atoms with Crippen molar-refractivity contribution in [3.8, 4) is 0 Å². The number of nitrogens with two attached hydrogens (primary N) is 1. The summed E-state index contributed by atoms with van der Waals surface area (Å²) in [5.41, 5.74) is 5.97. The van der Waals surface area contributed by atoms with Crippen LogP contribution in [0.1, 0.15) is 6.92 Å². The average molecular weight is 288 g/mol. The Balaban J connectivity index is 2.56. The van der Waals surface area contributed by atoms with E-state index >= 15 is 0 Å². The first-order valence-electron chi connectivity index (χ1n) is 5.60. The van der Waals surface area contributed by atoms with Crippen LogP contribution in [0.2, 0.25) is 0 Å². The highest BCUT2D eigenvalue weighted by Crippen LogP contribution is 2.16. The Morgan fingerprint density at radius 2 is 2.21 bits per heavy atom. The van der Waals surface area contributed by atoms with Gasteiger partial charge in [0.05, 0.1) is 23.8 Å². The molecule has 3 N–H and O–H groups in total. The lowest BCUT2D eigenvalue weighted by molar-refractivity contribution is 0.162. The van der Waals surface area contributed by atoms with E-state index < -0.39 is 15.8 Å². The third kappa shape index (κ3) is 4.98. The molecular formula is C12H17FN2O3S. The van der Waals surface area contributed by atoms with E-state index in [2.05, 4.69) is 11.3 Å². The first kappa shape index (κ1) is 15.6. The van der Waals surface area contributed by atoms with E-state index in [0.717, 1.165) is 23.8 Å². The van der Waals surface area contributed by atoms with E-state index in [-0.39, 0.29) is 23.7 Å². The summed E-state index contributed by atoms with van der Waals surface area (Å²) in [4.78, 5) is -0.0775. The van der Waals surface area contributed by atoms with E-state index in [1.165, 1.54) is 0 Å². The Bertz CT molecular complexity index is 558. The van der Waals surface area contributed by atoms with E-state index in [0.29, 0.717) is 6.61 Å². The zero-order valence-electron chi connectivity index (χ0n) is 10.6. The molecule has 19 heavy (non-hydrogen) atoms. The minimum absolute atomic E-state index is 0.0775. The summed E-state index contributed by atoms with van der Waals surface area (Å²) in [7, 11) is -3.70. The van der Waals surface area contributed by atoms with Crippen LogP contribution in [0.25, 0.3) is 0 Å². The molecule has 0 atom stereocenters. The zero-order chi connectivity index (χ0) is 14.5. The fourth-order valence-electron chi connectivity index (χ4n) is 1.27. The molecular weight excluding hydrogens is 271 g/mol. The molecule has 0 fully saturated rings. The Hall–Kier alpha value is -1.44. The predicted octanol–water partition coefficient (Wildman–Crippen LogP) is 1.28. The molecule has 5 nitrogen and oxygen atoms in total. The van der Waals surface area contributed by atoms with Gasteiger partial charge in [-0.15, -0.1) is 0 Å². The topological polar surface area (TPSA) is 81.4 Å². The van der Waals surface area contributed by atoms with Crippen molar-refractivity contribution in [3.63, 3.8) is 0 Å². The Morgan fingerprint density at radius 1 is 1.53 bits per heavy atom. The number of anilines is 1. The van der Waals surface area contributed by atoms with E-state index in [1.54, 1.807) is 0 Å². The van der Waals surface area contributed by atoms with Gasteiger partial charge in [0.15, 0.2) is 0 Å². The lowest BCUT2D eigenvalue weighted by Crippen LogP contribution is -2.27. The van der Waals surface area contributed by atoms with Crippen molar-refractivity contribution in [2.45, 2.75) is 11.8 Å². The highest BCUT2D eigenvalue weighted by Gasteiger charge is 2.14. The fraction of sp³-hybridized carbons (Fsp3) is 0.333. The van der Waals surface area contributed by atoms with Crippen LogP contribution >= 0.6 is 0 Å². The molecule has 0 spiro atoms. The largest absolute Gasteiger partial charge is 0.396 e. The van der Waals surface area contributed by atoms with Gasteiger partial charge in [0.25, 0.3) is 0 Å². The lowest BCUT2D eigenvalue weighted by Gasteiger charge is -2.08. The number of benzene rings is 1. The molecule has 0 aliphatic carbocycles. The van der Waals surface area contributed by atoms with Crippen LogP contribution in [-0.2, 0) is 14.8 Å². The molecule has 0 saturated carbocycles. The summed E-state index contributed by atoms with van der Waals surface area (Å²) in [5.74, 6) is -0.649. The quantitative estimate of drug-likeness (QED) is 0.450. The van der Waals surface area contributed by atoms with Gasteiger partial charge < -0.3 is 10.5 Å². The number of ether oxygens (including phenoxy) is 1. The van der Waals surface area contributed by atoms with Gasteiger partial charge in [-0.25, -0.2) is 17.5 Å². The molecule has 1 rings (SSSR count). The van der Waals surface area contributed by atoms with Crippen LogP contribution in [0.4, 0.5) is 10.1 Å². The van der Waals surface area contributed by atoms with Gasteiger partial charge in [-0.05, 0) is 25.1 Å². The van der Waals surface area contributed by atoms with Gasteiger partial charge in [0.1, 0.15) is 5.82 Å². The fourth-order valence-corrected chi connectivity index (χ4v) is 2.31. The molecule has 1 aromatic carbocycles. The Morgan fingerprint density at radius 3 is 2.79 bits per heavy atom. The maximum atomic E-state index is 12.9. The van der Waals surface area contributed by atoms with Crippen molar-refractivity contribution in [2.24, 2.45) is 0 Å². The molecule has 0 unspecified atom stereocenters. The molecule has 0 aliphatic heterocycles. The van der Waals surface area contributed by atoms with Crippen molar-refractivity contribution in [1.29, 1.82) is 0 Å². The highest BCUT2D eigenvalue weighted by atomic mass is 32.2. The molecule has 0 radical (unpaired) electrons. The molecule has 7 heteroatoms. The zero-order valence-corrected chi connectivity index (χ0v) is 11.5. The maximum Gasteiger partial charge on any atom is 0.240 e. The first-order valence-corrected chi connectivity index (χ1v) is 7.08. The normalized spacial score (nSPS) is 11.5. The number of sulfonamides is 1. The number of nitrogens with one attached hydrogen (secondary N) is 1. The highest BCUT2D eigenvalue weighted by molar-refractivity contribution is 7.89. The van der Waals surface area contributed by atoms with E-state index in [9.17, 15) is 12.8 Å². The second-order valence-corrected chi connectivity index (χ2v) is 5.86. The van der Waals surface area contributed by atoms with Crippen molar-refractivity contribution in [2.75, 3.05) is 25.5 Å². The van der Waals surface area contributed by atoms with E-state index in [1.807, 2.05) is 6.92 Å². The average Bonchev–Trinajstić information content (AvgIpc) is 2.31. The molecule has 106 valence electrons. The SMILES string of the molecule is C=C(C)COCCNS(=O)(=O)c1ccc(F)c(N)c1.